The SMILES string of the molecule is COc1ccc(O)c(C(C)Nc2cc(Cl)cc(Cl)c2)c1. The number of anilines is 1. The van der Waals surface area contributed by atoms with E-state index in [0.29, 0.717) is 15.8 Å². The van der Waals surface area contributed by atoms with Gasteiger partial charge in [0.25, 0.3) is 0 Å². The minimum atomic E-state index is -0.125. The zero-order valence-electron chi connectivity index (χ0n) is 11.2. The molecule has 0 aliphatic heterocycles. The van der Waals surface area contributed by atoms with Gasteiger partial charge in [0.2, 0.25) is 0 Å². The number of nitrogens with one attached hydrogen (secondary N) is 1. The van der Waals surface area contributed by atoms with Crippen LogP contribution in [-0.4, -0.2) is 12.2 Å². The van der Waals surface area contributed by atoms with Gasteiger partial charge in [-0.15, -0.1) is 0 Å². The molecule has 3 nitrogen and oxygen atoms in total. The van der Waals surface area contributed by atoms with Gasteiger partial charge in [0.05, 0.1) is 13.2 Å². The predicted molar refractivity (Wildman–Crippen MR) is 83.2 cm³/mol. The molecule has 0 aromatic heterocycles. The first-order chi connectivity index (χ1) is 9.49. The second-order valence-corrected chi connectivity index (χ2v) is 5.32. The molecule has 0 bridgehead atoms. The molecule has 106 valence electrons. The van der Waals surface area contributed by atoms with E-state index in [0.717, 1.165) is 11.3 Å². The average Bonchev–Trinajstić information content (AvgIpc) is 2.37. The lowest BCUT2D eigenvalue weighted by Crippen LogP contribution is -2.07. The summed E-state index contributed by atoms with van der Waals surface area (Å²) in [6, 6.07) is 10.2. The van der Waals surface area contributed by atoms with Crippen LogP contribution in [0.4, 0.5) is 5.69 Å². The molecule has 20 heavy (non-hydrogen) atoms. The fourth-order valence-electron chi connectivity index (χ4n) is 1.97. The van der Waals surface area contributed by atoms with Crippen molar-refractivity contribution in [2.75, 3.05) is 12.4 Å². The normalized spacial score (nSPS) is 12.0. The third-order valence-electron chi connectivity index (χ3n) is 2.95. The number of phenols is 1. The van der Waals surface area contributed by atoms with Gasteiger partial charge in [-0.3, -0.25) is 0 Å². The number of ether oxygens (including phenoxy) is 1. The fraction of sp³-hybridized carbons (Fsp3) is 0.200. The first-order valence-electron chi connectivity index (χ1n) is 6.09. The highest BCUT2D eigenvalue weighted by atomic mass is 35.5. The van der Waals surface area contributed by atoms with Crippen LogP contribution < -0.4 is 10.1 Å². The molecular formula is C15H15Cl2NO2. The van der Waals surface area contributed by atoms with E-state index in [-0.39, 0.29) is 11.8 Å². The minimum Gasteiger partial charge on any atom is -0.508 e. The third-order valence-corrected chi connectivity index (χ3v) is 3.38. The number of aromatic hydroxyl groups is 1. The van der Waals surface area contributed by atoms with Crippen LogP contribution in [0.2, 0.25) is 10.0 Å². The average molecular weight is 312 g/mol. The van der Waals surface area contributed by atoms with Gasteiger partial charge < -0.3 is 15.2 Å². The Morgan fingerprint density at radius 1 is 1.10 bits per heavy atom. The van der Waals surface area contributed by atoms with Crippen molar-refractivity contribution in [1.29, 1.82) is 0 Å². The molecule has 2 aromatic rings. The summed E-state index contributed by atoms with van der Waals surface area (Å²) in [5, 5.41) is 14.3. The van der Waals surface area contributed by atoms with Gasteiger partial charge >= 0.3 is 0 Å². The Morgan fingerprint density at radius 3 is 2.35 bits per heavy atom. The Labute approximate surface area is 128 Å². The van der Waals surface area contributed by atoms with Crippen LogP contribution in [0.3, 0.4) is 0 Å². The zero-order chi connectivity index (χ0) is 14.7. The topological polar surface area (TPSA) is 41.5 Å². The number of halogens is 2. The fourth-order valence-corrected chi connectivity index (χ4v) is 2.50. The molecule has 0 radical (unpaired) electrons. The van der Waals surface area contributed by atoms with Crippen molar-refractivity contribution >= 4 is 28.9 Å². The van der Waals surface area contributed by atoms with Gasteiger partial charge in [-0.25, -0.2) is 0 Å². The number of methoxy groups -OCH3 is 1. The van der Waals surface area contributed by atoms with E-state index in [1.165, 1.54) is 0 Å². The van der Waals surface area contributed by atoms with E-state index in [2.05, 4.69) is 5.32 Å². The van der Waals surface area contributed by atoms with Crippen LogP contribution in [0.1, 0.15) is 18.5 Å². The van der Waals surface area contributed by atoms with Crippen molar-refractivity contribution in [2.24, 2.45) is 0 Å². The van der Waals surface area contributed by atoms with Gasteiger partial charge in [-0.2, -0.15) is 0 Å². The van der Waals surface area contributed by atoms with Crippen molar-refractivity contribution < 1.29 is 9.84 Å². The Kier molecular flexibility index (Phi) is 4.63. The van der Waals surface area contributed by atoms with Gasteiger partial charge in [0.1, 0.15) is 11.5 Å². The molecule has 2 N–H and O–H groups in total. The quantitative estimate of drug-likeness (QED) is 0.845. The molecular weight excluding hydrogens is 297 g/mol. The predicted octanol–water partition coefficient (Wildman–Crippen LogP) is 4.88. The van der Waals surface area contributed by atoms with Crippen LogP contribution in [0, 0.1) is 0 Å². The molecule has 2 rings (SSSR count). The summed E-state index contributed by atoms with van der Waals surface area (Å²) in [6.45, 7) is 1.93. The first-order valence-corrected chi connectivity index (χ1v) is 6.84. The summed E-state index contributed by atoms with van der Waals surface area (Å²) in [5.41, 5.74) is 1.53. The van der Waals surface area contributed by atoms with Crippen LogP contribution in [0.5, 0.6) is 11.5 Å². The Balaban J connectivity index is 2.25. The Hall–Kier alpha value is -1.58. The Morgan fingerprint density at radius 2 is 1.75 bits per heavy atom. The third kappa shape index (κ3) is 3.50. The molecule has 0 saturated carbocycles. The summed E-state index contributed by atoms with van der Waals surface area (Å²) >= 11 is 11.9. The molecule has 0 fully saturated rings. The van der Waals surface area contributed by atoms with Crippen molar-refractivity contribution in [3.05, 3.63) is 52.0 Å². The van der Waals surface area contributed by atoms with E-state index in [1.807, 2.05) is 6.92 Å². The maximum absolute atomic E-state index is 9.94. The minimum absolute atomic E-state index is 0.125. The maximum Gasteiger partial charge on any atom is 0.121 e. The summed E-state index contributed by atoms with van der Waals surface area (Å²) in [4.78, 5) is 0. The molecule has 0 amide bonds. The molecule has 1 unspecified atom stereocenters. The molecule has 0 saturated heterocycles. The monoisotopic (exact) mass is 311 g/mol. The summed E-state index contributed by atoms with van der Waals surface area (Å²) in [6.07, 6.45) is 0. The maximum atomic E-state index is 9.94. The second-order valence-electron chi connectivity index (χ2n) is 4.45. The number of hydrogen-bond acceptors (Lipinski definition) is 3. The number of hydrogen-bond donors (Lipinski definition) is 2. The van der Waals surface area contributed by atoms with Gasteiger partial charge in [-0.05, 0) is 43.3 Å². The van der Waals surface area contributed by atoms with Gasteiger partial charge in [0.15, 0.2) is 0 Å². The summed E-state index contributed by atoms with van der Waals surface area (Å²) in [7, 11) is 1.59. The highest BCUT2D eigenvalue weighted by Gasteiger charge is 2.12. The highest BCUT2D eigenvalue weighted by molar-refractivity contribution is 6.35. The highest BCUT2D eigenvalue weighted by Crippen LogP contribution is 2.31. The lowest BCUT2D eigenvalue weighted by Gasteiger charge is -2.18. The molecule has 1 atom stereocenters. The van der Waals surface area contributed by atoms with E-state index in [1.54, 1.807) is 43.5 Å². The Bertz CT molecular complexity index is 597. The van der Waals surface area contributed by atoms with E-state index < -0.39 is 0 Å². The largest absolute Gasteiger partial charge is 0.508 e. The number of benzene rings is 2. The zero-order valence-corrected chi connectivity index (χ0v) is 12.7. The van der Waals surface area contributed by atoms with Crippen LogP contribution in [0.15, 0.2) is 36.4 Å². The molecule has 0 heterocycles. The molecule has 5 heteroatoms. The molecule has 2 aromatic carbocycles. The second kappa shape index (κ2) is 6.25. The molecule has 0 aliphatic carbocycles. The van der Waals surface area contributed by atoms with Gasteiger partial charge in [-0.1, -0.05) is 23.2 Å². The summed E-state index contributed by atoms with van der Waals surface area (Å²) < 4.78 is 5.17. The van der Waals surface area contributed by atoms with Crippen LogP contribution in [-0.2, 0) is 0 Å². The molecule has 0 aliphatic rings. The van der Waals surface area contributed by atoms with Crippen molar-refractivity contribution in [3.8, 4) is 11.5 Å². The molecule has 0 spiro atoms. The van der Waals surface area contributed by atoms with Crippen molar-refractivity contribution in [1.82, 2.24) is 0 Å². The van der Waals surface area contributed by atoms with E-state index >= 15 is 0 Å². The van der Waals surface area contributed by atoms with E-state index in [9.17, 15) is 5.11 Å². The summed E-state index contributed by atoms with van der Waals surface area (Å²) in [5.74, 6) is 0.898. The standard InChI is InChI=1S/C15H15Cl2NO2/c1-9(14-8-13(20-2)3-4-15(14)19)18-12-6-10(16)5-11(17)7-12/h3-9,18-19H,1-2H3. The van der Waals surface area contributed by atoms with Crippen molar-refractivity contribution in [3.63, 3.8) is 0 Å². The van der Waals surface area contributed by atoms with Crippen LogP contribution >= 0.6 is 23.2 Å². The first kappa shape index (κ1) is 14.8. The van der Waals surface area contributed by atoms with E-state index in [4.69, 9.17) is 27.9 Å². The van der Waals surface area contributed by atoms with Gasteiger partial charge in [0, 0.05) is 21.3 Å². The number of rotatable bonds is 4. The smallest absolute Gasteiger partial charge is 0.121 e. The van der Waals surface area contributed by atoms with Crippen LogP contribution in [0.25, 0.3) is 0 Å². The lowest BCUT2D eigenvalue weighted by atomic mass is 10.1. The lowest BCUT2D eigenvalue weighted by molar-refractivity contribution is 0.410. The van der Waals surface area contributed by atoms with Crippen molar-refractivity contribution in [2.45, 2.75) is 13.0 Å². The number of phenolic OH excluding ortho intramolecular Hbond substituents is 1.